The highest BCUT2D eigenvalue weighted by molar-refractivity contribution is 6.02. The van der Waals surface area contributed by atoms with Gasteiger partial charge in [0.15, 0.2) is 0 Å². The van der Waals surface area contributed by atoms with Crippen molar-refractivity contribution in [3.8, 4) is 5.75 Å². The van der Waals surface area contributed by atoms with Crippen LogP contribution < -0.4 is 15.4 Å². The van der Waals surface area contributed by atoms with Crippen molar-refractivity contribution in [2.75, 3.05) is 44.9 Å². The number of para-hydroxylation sites is 1. The molecule has 0 unspecified atom stereocenters. The van der Waals surface area contributed by atoms with Crippen molar-refractivity contribution in [1.29, 1.82) is 0 Å². The Balaban J connectivity index is 1.66. The van der Waals surface area contributed by atoms with Crippen LogP contribution in [-0.2, 0) is 0 Å². The summed E-state index contributed by atoms with van der Waals surface area (Å²) in [5, 5.41) is 5.64. The maximum Gasteiger partial charge on any atom is 0.323 e. The summed E-state index contributed by atoms with van der Waals surface area (Å²) in [6.07, 6.45) is -0.425. The minimum Gasteiger partial charge on any atom is -0.480 e. The van der Waals surface area contributed by atoms with E-state index < -0.39 is 12.1 Å². The minimum atomic E-state index is -0.425. The molecule has 3 amide bonds. The Morgan fingerprint density at radius 3 is 1.79 bits per heavy atom. The highest BCUT2D eigenvalue weighted by Crippen LogP contribution is 2.32. The molecule has 0 spiro atoms. The molecule has 0 aromatic heterocycles. The maximum atomic E-state index is 13.7. The van der Waals surface area contributed by atoms with E-state index in [-0.39, 0.29) is 5.91 Å². The van der Waals surface area contributed by atoms with Crippen LogP contribution in [0, 0.1) is 0 Å². The van der Waals surface area contributed by atoms with Crippen molar-refractivity contribution in [1.82, 2.24) is 9.80 Å². The van der Waals surface area contributed by atoms with E-state index in [0.717, 1.165) is 11.1 Å². The number of hydrogen-bond donors (Lipinski definition) is 2. The molecule has 4 rings (SSSR count). The maximum absolute atomic E-state index is 13.7. The first-order valence-electron chi connectivity index (χ1n) is 12.8. The fourth-order valence-electron chi connectivity index (χ4n) is 4.06. The second-order valence-corrected chi connectivity index (χ2v) is 9.51. The third-order valence-electron chi connectivity index (χ3n) is 6.18. The van der Waals surface area contributed by atoms with Gasteiger partial charge in [0.1, 0.15) is 11.9 Å². The number of nitrogens with zero attached hydrogens (tertiary/aromatic N) is 2. The summed E-state index contributed by atoms with van der Waals surface area (Å²) in [5.74, 6) is 0.238. The van der Waals surface area contributed by atoms with Crippen LogP contribution in [0.3, 0.4) is 0 Å². The Kier molecular flexibility index (Phi) is 9.32. The van der Waals surface area contributed by atoms with Crippen molar-refractivity contribution in [3.63, 3.8) is 0 Å². The zero-order chi connectivity index (χ0) is 27.6. The van der Waals surface area contributed by atoms with Crippen LogP contribution in [0.2, 0.25) is 0 Å². The highest BCUT2D eigenvalue weighted by atomic mass is 16.5. The van der Waals surface area contributed by atoms with Crippen LogP contribution in [0.25, 0.3) is 0 Å². The van der Waals surface area contributed by atoms with Crippen LogP contribution in [0.4, 0.5) is 16.2 Å². The molecule has 0 fully saturated rings. The van der Waals surface area contributed by atoms with Gasteiger partial charge in [0.2, 0.25) is 0 Å². The van der Waals surface area contributed by atoms with Gasteiger partial charge in [0, 0.05) is 31.5 Å². The summed E-state index contributed by atoms with van der Waals surface area (Å²) in [6.45, 7) is 1.25. The number of ether oxygens (including phenoxy) is 1. The normalized spacial score (nSPS) is 10.8. The van der Waals surface area contributed by atoms with Gasteiger partial charge in [-0.15, -0.1) is 0 Å². The molecule has 39 heavy (non-hydrogen) atoms. The SMILES string of the molecule is CN(C)CCN(C)C(=O)c1cc(NC(=O)Nc2ccccc2)ccc1OC(c1ccccc1)c1ccccc1. The number of carbonyl (C=O) groups excluding carboxylic acids is 2. The number of hydrogen-bond acceptors (Lipinski definition) is 4. The first kappa shape index (κ1) is 27.4. The average Bonchev–Trinajstić information content (AvgIpc) is 2.96. The Morgan fingerprint density at radius 2 is 1.23 bits per heavy atom. The van der Waals surface area contributed by atoms with Gasteiger partial charge in [-0.1, -0.05) is 78.9 Å². The second-order valence-electron chi connectivity index (χ2n) is 9.51. The van der Waals surface area contributed by atoms with Crippen molar-refractivity contribution in [2.45, 2.75) is 6.10 Å². The summed E-state index contributed by atoms with van der Waals surface area (Å²) in [4.78, 5) is 30.0. The smallest absolute Gasteiger partial charge is 0.323 e. The monoisotopic (exact) mass is 522 g/mol. The number of nitrogens with one attached hydrogen (secondary N) is 2. The number of likely N-dealkylation sites (N-methyl/N-ethyl adjacent to an activating group) is 2. The Labute approximate surface area is 230 Å². The molecule has 2 N–H and O–H groups in total. The van der Waals surface area contributed by atoms with E-state index in [1.54, 1.807) is 42.3 Å². The third kappa shape index (κ3) is 7.69. The minimum absolute atomic E-state index is 0.196. The second kappa shape index (κ2) is 13.3. The Hall–Kier alpha value is -4.62. The number of rotatable bonds is 10. The molecule has 0 saturated carbocycles. The first-order valence-corrected chi connectivity index (χ1v) is 12.8. The zero-order valence-corrected chi connectivity index (χ0v) is 22.5. The number of carbonyl (C=O) groups is 2. The molecule has 0 aliphatic rings. The molecule has 7 nitrogen and oxygen atoms in total. The Morgan fingerprint density at radius 1 is 0.692 bits per heavy atom. The molecule has 0 bridgehead atoms. The van der Waals surface area contributed by atoms with E-state index in [9.17, 15) is 9.59 Å². The van der Waals surface area contributed by atoms with E-state index in [1.807, 2.05) is 97.9 Å². The van der Waals surface area contributed by atoms with Gasteiger partial charge in [0.05, 0.1) is 5.56 Å². The lowest BCUT2D eigenvalue weighted by molar-refractivity contribution is 0.0780. The van der Waals surface area contributed by atoms with E-state index >= 15 is 0 Å². The largest absolute Gasteiger partial charge is 0.480 e. The molecule has 4 aromatic rings. The van der Waals surface area contributed by atoms with Gasteiger partial charge >= 0.3 is 6.03 Å². The molecule has 7 heteroatoms. The van der Waals surface area contributed by atoms with Crippen LogP contribution in [0.5, 0.6) is 5.75 Å². The van der Waals surface area contributed by atoms with E-state index in [2.05, 4.69) is 10.6 Å². The standard InChI is InChI=1S/C32H34N4O3/c1-35(2)21-22-36(3)31(37)28-23-27(34-32(38)33-26-17-11-6-12-18-26)19-20-29(28)39-30(24-13-7-4-8-14-24)25-15-9-5-10-16-25/h4-20,23,30H,21-22H2,1-3H3,(H2,33,34,38). The molecule has 0 heterocycles. The van der Waals surface area contributed by atoms with Gasteiger partial charge in [-0.3, -0.25) is 4.79 Å². The van der Waals surface area contributed by atoms with Gasteiger partial charge in [-0.25, -0.2) is 4.79 Å². The first-order chi connectivity index (χ1) is 18.9. The summed E-state index contributed by atoms with van der Waals surface area (Å²) in [6, 6.07) is 33.7. The van der Waals surface area contributed by atoms with Gasteiger partial charge in [0.25, 0.3) is 5.91 Å². The summed E-state index contributed by atoms with van der Waals surface area (Å²) >= 11 is 0. The molecule has 0 saturated heterocycles. The van der Waals surface area contributed by atoms with Gasteiger partial charge in [-0.2, -0.15) is 0 Å². The van der Waals surface area contributed by atoms with Crippen molar-refractivity contribution >= 4 is 23.3 Å². The van der Waals surface area contributed by atoms with Crippen molar-refractivity contribution < 1.29 is 14.3 Å². The molecular weight excluding hydrogens is 488 g/mol. The molecule has 0 radical (unpaired) electrons. The highest BCUT2D eigenvalue weighted by Gasteiger charge is 2.23. The van der Waals surface area contributed by atoms with Gasteiger partial charge < -0.3 is 25.2 Å². The summed E-state index contributed by atoms with van der Waals surface area (Å²) in [5.41, 5.74) is 3.45. The number of anilines is 2. The summed E-state index contributed by atoms with van der Waals surface area (Å²) < 4.78 is 6.58. The molecule has 0 aliphatic carbocycles. The predicted octanol–water partition coefficient (Wildman–Crippen LogP) is 6.13. The van der Waals surface area contributed by atoms with Gasteiger partial charge in [-0.05, 0) is 55.6 Å². The lowest BCUT2D eigenvalue weighted by Gasteiger charge is -2.25. The van der Waals surface area contributed by atoms with Crippen LogP contribution in [0.15, 0.2) is 109 Å². The fraction of sp³-hybridized carbons (Fsp3) is 0.188. The van der Waals surface area contributed by atoms with E-state index in [1.165, 1.54) is 0 Å². The molecule has 200 valence electrons. The van der Waals surface area contributed by atoms with Crippen molar-refractivity contribution in [3.05, 3.63) is 126 Å². The third-order valence-corrected chi connectivity index (χ3v) is 6.18. The van der Waals surface area contributed by atoms with E-state index in [4.69, 9.17) is 4.74 Å². The molecule has 0 atom stereocenters. The topological polar surface area (TPSA) is 73.9 Å². The zero-order valence-electron chi connectivity index (χ0n) is 22.5. The van der Waals surface area contributed by atoms with Crippen molar-refractivity contribution in [2.24, 2.45) is 0 Å². The fourth-order valence-corrected chi connectivity index (χ4v) is 4.06. The summed E-state index contributed by atoms with van der Waals surface area (Å²) in [7, 11) is 5.70. The quantitative estimate of drug-likeness (QED) is 0.263. The van der Waals surface area contributed by atoms with Crippen LogP contribution in [0.1, 0.15) is 27.6 Å². The van der Waals surface area contributed by atoms with Crippen LogP contribution >= 0.6 is 0 Å². The number of benzene rings is 4. The van der Waals surface area contributed by atoms with E-state index in [0.29, 0.717) is 35.8 Å². The molecule has 4 aromatic carbocycles. The lowest BCUT2D eigenvalue weighted by Crippen LogP contribution is -2.34. The van der Waals surface area contributed by atoms with Crippen LogP contribution in [-0.4, -0.2) is 56.0 Å². The molecular formula is C32H34N4O3. The predicted molar refractivity (Wildman–Crippen MR) is 156 cm³/mol. The Bertz CT molecular complexity index is 1320. The lowest BCUT2D eigenvalue weighted by atomic mass is 10.0. The average molecular weight is 523 g/mol. The number of amides is 3. The number of urea groups is 1. The molecule has 0 aliphatic heterocycles.